The van der Waals surface area contributed by atoms with Crippen molar-refractivity contribution >= 4 is 15.9 Å². The second-order valence-electron chi connectivity index (χ2n) is 4.26. The first kappa shape index (κ1) is 11.0. The second-order valence-corrected chi connectivity index (χ2v) is 5.11. The summed E-state index contributed by atoms with van der Waals surface area (Å²) in [6, 6.07) is 4.34. The molecule has 0 aromatic heterocycles. The Labute approximate surface area is 98.9 Å². The summed E-state index contributed by atoms with van der Waals surface area (Å²) in [5.74, 6) is 1.41. The minimum atomic E-state index is 0.291. The van der Waals surface area contributed by atoms with Gasteiger partial charge in [-0.1, -0.05) is 13.0 Å². The molecular formula is C12H16BrNO. The number of fused-ring (bicyclic) bond motifs is 1. The Kier molecular flexibility index (Phi) is 3.03. The predicted octanol–water partition coefficient (Wildman–Crippen LogP) is 2.83. The Morgan fingerprint density at radius 2 is 2.33 bits per heavy atom. The van der Waals surface area contributed by atoms with Crippen LogP contribution in [0.15, 0.2) is 16.6 Å². The summed E-state index contributed by atoms with van der Waals surface area (Å²) in [5.41, 5.74) is 8.27. The lowest BCUT2D eigenvalue weighted by Crippen LogP contribution is -2.09. The molecule has 15 heavy (non-hydrogen) atoms. The van der Waals surface area contributed by atoms with Crippen molar-refractivity contribution in [1.29, 1.82) is 0 Å². The van der Waals surface area contributed by atoms with Gasteiger partial charge in [-0.05, 0) is 52.5 Å². The normalized spacial score (nSPS) is 20.9. The van der Waals surface area contributed by atoms with Gasteiger partial charge in [0, 0.05) is 6.42 Å². The molecule has 0 amide bonds. The van der Waals surface area contributed by atoms with Gasteiger partial charge in [0.1, 0.15) is 11.9 Å². The molecule has 0 saturated heterocycles. The van der Waals surface area contributed by atoms with E-state index in [1.165, 1.54) is 11.1 Å². The molecule has 0 radical (unpaired) electrons. The van der Waals surface area contributed by atoms with Crippen molar-refractivity contribution in [1.82, 2.24) is 0 Å². The molecule has 1 aromatic rings. The van der Waals surface area contributed by atoms with Gasteiger partial charge in [-0.15, -0.1) is 0 Å². The lowest BCUT2D eigenvalue weighted by atomic mass is 9.98. The van der Waals surface area contributed by atoms with Crippen LogP contribution in [-0.4, -0.2) is 12.6 Å². The van der Waals surface area contributed by atoms with Crippen molar-refractivity contribution in [2.45, 2.75) is 32.3 Å². The molecule has 82 valence electrons. The van der Waals surface area contributed by atoms with Crippen molar-refractivity contribution in [2.24, 2.45) is 5.73 Å². The van der Waals surface area contributed by atoms with Crippen molar-refractivity contribution in [3.8, 4) is 5.75 Å². The topological polar surface area (TPSA) is 35.2 Å². The fourth-order valence-electron chi connectivity index (χ4n) is 1.93. The van der Waals surface area contributed by atoms with Gasteiger partial charge in [0.25, 0.3) is 0 Å². The van der Waals surface area contributed by atoms with E-state index in [1.54, 1.807) is 0 Å². The molecule has 0 saturated carbocycles. The zero-order chi connectivity index (χ0) is 11.0. The molecule has 2 nitrogen and oxygen atoms in total. The number of halogens is 1. The summed E-state index contributed by atoms with van der Waals surface area (Å²) in [5, 5.41) is 0. The fourth-order valence-corrected chi connectivity index (χ4v) is 2.54. The van der Waals surface area contributed by atoms with Crippen LogP contribution in [0.2, 0.25) is 0 Å². The first-order chi connectivity index (χ1) is 7.11. The molecule has 0 fully saturated rings. The highest BCUT2D eigenvalue weighted by molar-refractivity contribution is 9.10. The predicted molar refractivity (Wildman–Crippen MR) is 65.4 cm³/mol. The Morgan fingerprint density at radius 3 is 3.00 bits per heavy atom. The van der Waals surface area contributed by atoms with Crippen LogP contribution in [0, 0.1) is 0 Å². The van der Waals surface area contributed by atoms with E-state index < -0.39 is 0 Å². The summed E-state index contributed by atoms with van der Waals surface area (Å²) >= 11 is 3.56. The van der Waals surface area contributed by atoms with Crippen LogP contribution >= 0.6 is 15.9 Å². The molecule has 2 atom stereocenters. The highest BCUT2D eigenvalue weighted by Crippen LogP contribution is 2.38. The Bertz CT molecular complexity index is 378. The summed E-state index contributed by atoms with van der Waals surface area (Å²) in [4.78, 5) is 0. The standard InChI is InChI=1S/C12H16BrNO/c1-7(6-14)9-4-10-3-8(2)15-12(10)11(13)5-9/h4-5,7-8H,3,6,14H2,1-2H3. The van der Waals surface area contributed by atoms with E-state index in [0.29, 0.717) is 18.6 Å². The molecule has 2 N–H and O–H groups in total. The molecule has 1 aliphatic rings. The quantitative estimate of drug-likeness (QED) is 0.896. The van der Waals surface area contributed by atoms with E-state index in [0.717, 1.165) is 16.6 Å². The minimum absolute atomic E-state index is 0.291. The van der Waals surface area contributed by atoms with Crippen LogP contribution < -0.4 is 10.5 Å². The Hall–Kier alpha value is -0.540. The average Bonchev–Trinajstić information content (AvgIpc) is 2.58. The highest BCUT2D eigenvalue weighted by Gasteiger charge is 2.22. The molecule has 1 aromatic carbocycles. The smallest absolute Gasteiger partial charge is 0.137 e. The van der Waals surface area contributed by atoms with Gasteiger partial charge in [0.2, 0.25) is 0 Å². The van der Waals surface area contributed by atoms with Crippen LogP contribution in [0.5, 0.6) is 5.75 Å². The average molecular weight is 270 g/mol. The van der Waals surface area contributed by atoms with Crippen LogP contribution in [0.4, 0.5) is 0 Å². The fraction of sp³-hybridized carbons (Fsp3) is 0.500. The molecule has 0 spiro atoms. The van der Waals surface area contributed by atoms with Crippen molar-refractivity contribution < 1.29 is 4.74 Å². The second kappa shape index (κ2) is 4.14. The molecule has 1 aliphatic heterocycles. The highest BCUT2D eigenvalue weighted by atomic mass is 79.9. The number of nitrogens with two attached hydrogens (primary N) is 1. The zero-order valence-corrected chi connectivity index (χ0v) is 10.7. The van der Waals surface area contributed by atoms with E-state index in [4.69, 9.17) is 10.5 Å². The maximum absolute atomic E-state index is 5.73. The number of rotatable bonds is 2. The van der Waals surface area contributed by atoms with Gasteiger partial charge in [-0.2, -0.15) is 0 Å². The van der Waals surface area contributed by atoms with Gasteiger partial charge >= 0.3 is 0 Å². The SMILES string of the molecule is CC1Cc2cc(C(C)CN)cc(Br)c2O1. The van der Waals surface area contributed by atoms with Gasteiger partial charge in [-0.25, -0.2) is 0 Å². The number of hydrogen-bond acceptors (Lipinski definition) is 2. The first-order valence-electron chi connectivity index (χ1n) is 5.31. The molecule has 0 bridgehead atoms. The molecule has 3 heteroatoms. The third kappa shape index (κ3) is 2.04. The Morgan fingerprint density at radius 1 is 1.60 bits per heavy atom. The summed E-state index contributed by atoms with van der Waals surface area (Å²) in [7, 11) is 0. The molecule has 2 unspecified atom stereocenters. The van der Waals surface area contributed by atoms with E-state index in [9.17, 15) is 0 Å². The Balaban J connectivity index is 2.40. The number of hydrogen-bond donors (Lipinski definition) is 1. The zero-order valence-electron chi connectivity index (χ0n) is 9.09. The van der Waals surface area contributed by atoms with Gasteiger partial charge in [0.15, 0.2) is 0 Å². The maximum atomic E-state index is 5.73. The summed E-state index contributed by atoms with van der Waals surface area (Å²) in [6.45, 7) is 4.92. The first-order valence-corrected chi connectivity index (χ1v) is 6.10. The molecular weight excluding hydrogens is 254 g/mol. The van der Waals surface area contributed by atoms with Crippen molar-refractivity contribution in [3.63, 3.8) is 0 Å². The molecule has 0 aliphatic carbocycles. The number of ether oxygens (including phenoxy) is 1. The third-order valence-corrected chi connectivity index (χ3v) is 3.48. The lowest BCUT2D eigenvalue weighted by Gasteiger charge is -2.11. The van der Waals surface area contributed by atoms with Crippen LogP contribution in [0.3, 0.4) is 0 Å². The van der Waals surface area contributed by atoms with Crippen molar-refractivity contribution in [3.05, 3.63) is 27.7 Å². The van der Waals surface area contributed by atoms with Crippen LogP contribution in [-0.2, 0) is 6.42 Å². The number of benzene rings is 1. The van der Waals surface area contributed by atoms with Crippen LogP contribution in [0.25, 0.3) is 0 Å². The van der Waals surface area contributed by atoms with Crippen LogP contribution in [0.1, 0.15) is 30.9 Å². The molecule has 2 rings (SSSR count). The van der Waals surface area contributed by atoms with Gasteiger partial charge < -0.3 is 10.5 Å². The minimum Gasteiger partial charge on any atom is -0.489 e. The largest absolute Gasteiger partial charge is 0.489 e. The van der Waals surface area contributed by atoms with Crippen molar-refractivity contribution in [2.75, 3.05) is 6.54 Å². The molecule has 1 heterocycles. The lowest BCUT2D eigenvalue weighted by molar-refractivity contribution is 0.253. The van der Waals surface area contributed by atoms with E-state index in [2.05, 4.69) is 41.9 Å². The van der Waals surface area contributed by atoms with Gasteiger partial charge in [0.05, 0.1) is 4.47 Å². The van der Waals surface area contributed by atoms with E-state index >= 15 is 0 Å². The maximum Gasteiger partial charge on any atom is 0.137 e. The monoisotopic (exact) mass is 269 g/mol. The third-order valence-electron chi connectivity index (χ3n) is 2.89. The van der Waals surface area contributed by atoms with E-state index in [1.807, 2.05) is 0 Å². The van der Waals surface area contributed by atoms with Gasteiger partial charge in [-0.3, -0.25) is 0 Å². The van der Waals surface area contributed by atoms with E-state index in [-0.39, 0.29) is 0 Å². The summed E-state index contributed by atoms with van der Waals surface area (Å²) in [6.07, 6.45) is 1.29. The summed E-state index contributed by atoms with van der Waals surface area (Å²) < 4.78 is 6.78.